The molecule has 1 aromatic carbocycles. The van der Waals surface area contributed by atoms with Crippen molar-refractivity contribution in [2.45, 2.75) is 27.2 Å². The summed E-state index contributed by atoms with van der Waals surface area (Å²) >= 11 is 5.71. The smallest absolute Gasteiger partial charge is 0.175 e. The predicted molar refractivity (Wildman–Crippen MR) is 70.2 cm³/mol. The minimum absolute atomic E-state index is 0.0614. The van der Waals surface area contributed by atoms with Gasteiger partial charge in [0.1, 0.15) is 5.75 Å². The first-order valence-corrected chi connectivity index (χ1v) is 5.91. The molecule has 0 aliphatic heterocycles. The maximum atomic E-state index is 8.58. The first-order chi connectivity index (χ1) is 7.92. The Bertz CT molecular complexity index is 397. The average Bonchev–Trinajstić information content (AvgIpc) is 2.27. The normalized spacial score (nSPS) is 12.6. The molecule has 0 atom stereocenters. The van der Waals surface area contributed by atoms with Gasteiger partial charge in [0, 0.05) is 5.56 Å². The lowest BCUT2D eigenvalue weighted by Crippen LogP contribution is -2.11. The van der Waals surface area contributed by atoms with E-state index in [9.17, 15) is 0 Å². The van der Waals surface area contributed by atoms with E-state index >= 15 is 0 Å². The fourth-order valence-corrected chi connectivity index (χ4v) is 1.36. The molecule has 94 valence electrons. The summed E-state index contributed by atoms with van der Waals surface area (Å²) in [7, 11) is 0. The number of nitrogens with zero attached hydrogens (tertiary/aromatic N) is 1. The average molecular weight is 256 g/mol. The van der Waals surface area contributed by atoms with Gasteiger partial charge in [0.15, 0.2) is 5.17 Å². The van der Waals surface area contributed by atoms with E-state index in [1.807, 2.05) is 12.1 Å². The van der Waals surface area contributed by atoms with E-state index in [2.05, 4.69) is 25.9 Å². The summed E-state index contributed by atoms with van der Waals surface area (Å²) in [5.74, 6) is 0.730. The van der Waals surface area contributed by atoms with Crippen LogP contribution in [0.1, 0.15) is 32.8 Å². The van der Waals surface area contributed by atoms with Crippen LogP contribution in [0.25, 0.3) is 0 Å². The summed E-state index contributed by atoms with van der Waals surface area (Å²) in [5.41, 5.74) is 0.893. The molecule has 1 N–H and O–H groups in total. The number of hydrogen-bond donors (Lipinski definition) is 1. The van der Waals surface area contributed by atoms with E-state index < -0.39 is 0 Å². The fraction of sp³-hybridized carbons (Fsp3) is 0.462. The second kappa shape index (κ2) is 5.92. The summed E-state index contributed by atoms with van der Waals surface area (Å²) in [6.45, 7) is 7.16. The van der Waals surface area contributed by atoms with Gasteiger partial charge < -0.3 is 9.94 Å². The summed E-state index contributed by atoms with van der Waals surface area (Å²) in [6.07, 6.45) is 0.971. The summed E-state index contributed by atoms with van der Waals surface area (Å²) in [5, 5.41) is 11.6. The first-order valence-electron chi connectivity index (χ1n) is 5.53. The lowest BCUT2D eigenvalue weighted by Gasteiger charge is -2.18. The van der Waals surface area contributed by atoms with Crippen LogP contribution in [0.2, 0.25) is 0 Å². The van der Waals surface area contributed by atoms with E-state index in [4.69, 9.17) is 21.5 Å². The number of rotatable bonds is 4. The van der Waals surface area contributed by atoms with Crippen molar-refractivity contribution in [3.63, 3.8) is 0 Å². The quantitative estimate of drug-likeness (QED) is 0.504. The molecule has 0 amide bonds. The van der Waals surface area contributed by atoms with Crippen molar-refractivity contribution in [3.8, 4) is 5.75 Å². The van der Waals surface area contributed by atoms with Crippen LogP contribution in [0, 0.1) is 5.41 Å². The maximum Gasteiger partial charge on any atom is 0.175 e. The fourth-order valence-electron chi connectivity index (χ4n) is 1.25. The van der Waals surface area contributed by atoms with Crippen LogP contribution in [-0.4, -0.2) is 17.0 Å². The Labute approximate surface area is 107 Å². The van der Waals surface area contributed by atoms with Crippen molar-refractivity contribution in [2.24, 2.45) is 10.6 Å². The number of ether oxygens (including phenoxy) is 1. The Morgan fingerprint density at radius 1 is 1.41 bits per heavy atom. The summed E-state index contributed by atoms with van der Waals surface area (Å²) in [4.78, 5) is 0. The van der Waals surface area contributed by atoms with Gasteiger partial charge in [0.25, 0.3) is 0 Å². The standard InChI is InChI=1S/C13H18ClNO2/c1-13(2,3)7-8-17-11-6-4-5-10(9-11)12(14)15-16/h4-6,9,16H,7-8H2,1-3H3/b15-12+. The van der Waals surface area contributed by atoms with Gasteiger partial charge in [-0.1, -0.05) is 49.7 Å². The van der Waals surface area contributed by atoms with Gasteiger partial charge in [-0.3, -0.25) is 0 Å². The molecule has 0 aliphatic rings. The van der Waals surface area contributed by atoms with Crippen molar-refractivity contribution < 1.29 is 9.94 Å². The van der Waals surface area contributed by atoms with E-state index in [1.54, 1.807) is 12.1 Å². The second-order valence-corrected chi connectivity index (χ2v) is 5.44. The molecular weight excluding hydrogens is 238 g/mol. The van der Waals surface area contributed by atoms with Crippen molar-refractivity contribution in [1.82, 2.24) is 0 Å². The zero-order chi connectivity index (χ0) is 12.9. The molecule has 0 aromatic heterocycles. The van der Waals surface area contributed by atoms with Crippen LogP contribution in [0.5, 0.6) is 5.75 Å². The van der Waals surface area contributed by atoms with Gasteiger partial charge in [-0.2, -0.15) is 0 Å². The van der Waals surface area contributed by atoms with Crippen molar-refractivity contribution in [3.05, 3.63) is 29.8 Å². The van der Waals surface area contributed by atoms with E-state index in [0.717, 1.165) is 12.2 Å². The summed E-state index contributed by atoms with van der Waals surface area (Å²) < 4.78 is 5.62. The van der Waals surface area contributed by atoms with Gasteiger partial charge in [-0.15, -0.1) is 0 Å². The number of halogens is 1. The van der Waals surface area contributed by atoms with Gasteiger partial charge in [-0.05, 0) is 24.0 Å². The van der Waals surface area contributed by atoms with E-state index in [-0.39, 0.29) is 10.6 Å². The third kappa shape index (κ3) is 5.09. The molecule has 0 heterocycles. The van der Waals surface area contributed by atoms with Crippen LogP contribution in [0.3, 0.4) is 0 Å². The molecule has 0 radical (unpaired) electrons. The highest BCUT2D eigenvalue weighted by atomic mass is 35.5. The minimum atomic E-state index is 0.0614. The molecule has 1 rings (SSSR count). The molecule has 0 spiro atoms. The molecule has 0 unspecified atom stereocenters. The second-order valence-electron chi connectivity index (χ2n) is 5.08. The molecule has 17 heavy (non-hydrogen) atoms. The van der Waals surface area contributed by atoms with Crippen molar-refractivity contribution in [1.29, 1.82) is 0 Å². The Morgan fingerprint density at radius 2 is 2.12 bits per heavy atom. The Balaban J connectivity index is 2.61. The highest BCUT2D eigenvalue weighted by molar-refractivity contribution is 6.69. The monoisotopic (exact) mass is 255 g/mol. The molecule has 4 heteroatoms. The number of benzene rings is 1. The predicted octanol–water partition coefficient (Wildman–Crippen LogP) is 3.88. The molecule has 1 aromatic rings. The number of oxime groups is 1. The third-order valence-corrected chi connectivity index (χ3v) is 2.57. The molecule has 0 saturated carbocycles. The Morgan fingerprint density at radius 3 is 2.71 bits per heavy atom. The van der Waals surface area contributed by atoms with Crippen LogP contribution in [0.15, 0.2) is 29.4 Å². The first kappa shape index (κ1) is 13.8. The SMILES string of the molecule is CC(C)(C)CCOc1cccc(/C(Cl)=N\O)c1. The lowest BCUT2D eigenvalue weighted by molar-refractivity contribution is 0.243. The van der Waals surface area contributed by atoms with Crippen LogP contribution >= 0.6 is 11.6 Å². The van der Waals surface area contributed by atoms with Crippen LogP contribution in [-0.2, 0) is 0 Å². The van der Waals surface area contributed by atoms with Crippen molar-refractivity contribution in [2.75, 3.05) is 6.61 Å². The van der Waals surface area contributed by atoms with E-state index in [1.165, 1.54) is 0 Å². The molecule has 0 aliphatic carbocycles. The van der Waals surface area contributed by atoms with Crippen LogP contribution in [0.4, 0.5) is 0 Å². The molecule has 0 fully saturated rings. The Kier molecular flexibility index (Phi) is 4.82. The van der Waals surface area contributed by atoms with Crippen molar-refractivity contribution >= 4 is 16.8 Å². The van der Waals surface area contributed by atoms with Gasteiger partial charge in [0.05, 0.1) is 6.61 Å². The molecule has 0 saturated heterocycles. The van der Waals surface area contributed by atoms with Gasteiger partial charge >= 0.3 is 0 Å². The summed E-state index contributed by atoms with van der Waals surface area (Å²) in [6, 6.07) is 7.19. The largest absolute Gasteiger partial charge is 0.494 e. The highest BCUT2D eigenvalue weighted by Crippen LogP contribution is 2.20. The Hall–Kier alpha value is -1.22. The molecule has 3 nitrogen and oxygen atoms in total. The maximum absolute atomic E-state index is 8.58. The number of hydrogen-bond acceptors (Lipinski definition) is 3. The topological polar surface area (TPSA) is 41.8 Å². The van der Waals surface area contributed by atoms with E-state index in [0.29, 0.717) is 12.2 Å². The zero-order valence-electron chi connectivity index (χ0n) is 10.4. The van der Waals surface area contributed by atoms with Gasteiger partial charge in [0.2, 0.25) is 0 Å². The molecular formula is C13H18ClNO2. The minimum Gasteiger partial charge on any atom is -0.494 e. The zero-order valence-corrected chi connectivity index (χ0v) is 11.2. The molecule has 0 bridgehead atoms. The van der Waals surface area contributed by atoms with Crippen LogP contribution < -0.4 is 4.74 Å². The lowest BCUT2D eigenvalue weighted by atomic mass is 9.93. The third-order valence-electron chi connectivity index (χ3n) is 2.28. The highest BCUT2D eigenvalue weighted by Gasteiger charge is 2.10. The van der Waals surface area contributed by atoms with Gasteiger partial charge in [-0.25, -0.2) is 0 Å².